The number of benzene rings is 1. The fraction of sp³-hybridized carbons (Fsp3) is 0.357. The fourth-order valence-corrected chi connectivity index (χ4v) is 2.03. The third-order valence-corrected chi connectivity index (χ3v) is 3.11. The van der Waals surface area contributed by atoms with Crippen molar-refractivity contribution < 1.29 is 14.4 Å². The molecule has 1 aromatic rings. The molecular formula is C14H17N3O3. The second-order valence-corrected chi connectivity index (χ2v) is 4.87. The molecule has 0 aromatic heterocycles. The van der Waals surface area contributed by atoms with Crippen molar-refractivity contribution in [3.8, 4) is 0 Å². The number of likely N-dealkylation sites (N-methyl/N-ethyl adjacent to an activating group) is 1. The fourth-order valence-electron chi connectivity index (χ4n) is 2.03. The van der Waals surface area contributed by atoms with E-state index in [2.05, 4.69) is 15.8 Å². The number of rotatable bonds is 3. The van der Waals surface area contributed by atoms with Crippen molar-refractivity contribution >= 4 is 23.2 Å². The van der Waals surface area contributed by atoms with Gasteiger partial charge in [-0.2, -0.15) is 0 Å². The van der Waals surface area contributed by atoms with Gasteiger partial charge in [0.1, 0.15) is 0 Å². The molecule has 1 aliphatic rings. The van der Waals surface area contributed by atoms with E-state index in [0.29, 0.717) is 12.1 Å². The van der Waals surface area contributed by atoms with Crippen LogP contribution < -0.4 is 10.6 Å². The standard InChI is InChI=1S/C14H17N3O3/c1-9(18)16-11-6-4-10(5-7-11)12-8-14(2,20-17-12)13(19)15-3/h4-7H,8H2,1-3H3,(H,15,19)(H,16,18). The highest BCUT2D eigenvalue weighted by Crippen LogP contribution is 2.27. The Morgan fingerprint density at radius 2 is 1.95 bits per heavy atom. The van der Waals surface area contributed by atoms with E-state index in [1.807, 2.05) is 12.1 Å². The molecule has 0 saturated carbocycles. The molecule has 2 amide bonds. The number of nitrogens with one attached hydrogen (secondary N) is 2. The minimum Gasteiger partial charge on any atom is -0.379 e. The zero-order chi connectivity index (χ0) is 14.8. The lowest BCUT2D eigenvalue weighted by molar-refractivity contribution is -0.141. The Labute approximate surface area is 117 Å². The van der Waals surface area contributed by atoms with Gasteiger partial charge in [0.25, 0.3) is 5.91 Å². The van der Waals surface area contributed by atoms with Crippen molar-refractivity contribution in [1.29, 1.82) is 0 Å². The Morgan fingerprint density at radius 3 is 2.50 bits per heavy atom. The lowest BCUT2D eigenvalue weighted by Crippen LogP contribution is -2.43. The van der Waals surface area contributed by atoms with E-state index in [1.165, 1.54) is 6.92 Å². The van der Waals surface area contributed by atoms with Crippen molar-refractivity contribution in [2.24, 2.45) is 5.16 Å². The first-order valence-electron chi connectivity index (χ1n) is 6.30. The highest BCUT2D eigenvalue weighted by molar-refractivity contribution is 6.05. The van der Waals surface area contributed by atoms with Gasteiger partial charge in [-0.15, -0.1) is 0 Å². The largest absolute Gasteiger partial charge is 0.379 e. The average Bonchev–Trinajstić information content (AvgIpc) is 2.82. The van der Waals surface area contributed by atoms with E-state index in [0.717, 1.165) is 11.3 Å². The molecule has 2 rings (SSSR count). The average molecular weight is 275 g/mol. The first kappa shape index (κ1) is 14.0. The highest BCUT2D eigenvalue weighted by atomic mass is 16.7. The number of anilines is 1. The van der Waals surface area contributed by atoms with E-state index in [4.69, 9.17) is 4.84 Å². The maximum Gasteiger partial charge on any atom is 0.266 e. The van der Waals surface area contributed by atoms with Crippen LogP contribution in [0.1, 0.15) is 25.8 Å². The monoisotopic (exact) mass is 275 g/mol. The Morgan fingerprint density at radius 1 is 1.30 bits per heavy atom. The summed E-state index contributed by atoms with van der Waals surface area (Å²) in [5, 5.41) is 9.24. The van der Waals surface area contributed by atoms with Crippen molar-refractivity contribution in [3.05, 3.63) is 29.8 Å². The molecule has 0 bridgehead atoms. The summed E-state index contributed by atoms with van der Waals surface area (Å²) in [4.78, 5) is 27.9. The first-order valence-corrected chi connectivity index (χ1v) is 6.30. The third-order valence-electron chi connectivity index (χ3n) is 3.11. The summed E-state index contributed by atoms with van der Waals surface area (Å²) in [5.74, 6) is -0.322. The lowest BCUT2D eigenvalue weighted by atomic mass is 9.95. The quantitative estimate of drug-likeness (QED) is 0.872. The molecule has 1 aliphatic heterocycles. The summed E-state index contributed by atoms with van der Waals surface area (Å²) in [6, 6.07) is 7.25. The number of hydrogen-bond acceptors (Lipinski definition) is 4. The third kappa shape index (κ3) is 2.79. The molecular weight excluding hydrogens is 258 g/mol. The van der Waals surface area contributed by atoms with E-state index in [-0.39, 0.29) is 11.8 Å². The number of oxime groups is 1. The first-order chi connectivity index (χ1) is 9.44. The molecule has 106 valence electrons. The van der Waals surface area contributed by atoms with Crippen LogP contribution in [-0.2, 0) is 14.4 Å². The predicted octanol–water partition coefficient (Wildman–Crippen LogP) is 1.27. The Hall–Kier alpha value is -2.37. The molecule has 6 heteroatoms. The normalized spacial score (nSPS) is 20.9. The molecule has 0 spiro atoms. The van der Waals surface area contributed by atoms with Gasteiger partial charge in [-0.25, -0.2) is 0 Å². The maximum atomic E-state index is 11.7. The Bertz CT molecular complexity index is 566. The topological polar surface area (TPSA) is 79.8 Å². The van der Waals surface area contributed by atoms with E-state index in [1.54, 1.807) is 26.1 Å². The van der Waals surface area contributed by atoms with Gasteiger partial charge in [0, 0.05) is 26.1 Å². The van der Waals surface area contributed by atoms with Crippen LogP contribution in [0.25, 0.3) is 0 Å². The number of nitrogens with zero attached hydrogens (tertiary/aromatic N) is 1. The van der Waals surface area contributed by atoms with Gasteiger partial charge in [-0.1, -0.05) is 17.3 Å². The summed E-state index contributed by atoms with van der Waals surface area (Å²) in [6.07, 6.45) is 0.409. The second-order valence-electron chi connectivity index (χ2n) is 4.87. The second kappa shape index (κ2) is 5.32. The Balaban J connectivity index is 2.10. The van der Waals surface area contributed by atoms with Gasteiger partial charge in [-0.05, 0) is 24.6 Å². The van der Waals surface area contributed by atoms with Crippen LogP contribution in [0.5, 0.6) is 0 Å². The van der Waals surface area contributed by atoms with Crippen molar-refractivity contribution in [1.82, 2.24) is 5.32 Å². The summed E-state index contributed by atoms with van der Waals surface area (Å²) in [5.41, 5.74) is 1.34. The molecule has 2 N–H and O–H groups in total. The van der Waals surface area contributed by atoms with E-state index in [9.17, 15) is 9.59 Å². The van der Waals surface area contributed by atoms with Crippen molar-refractivity contribution in [2.75, 3.05) is 12.4 Å². The van der Waals surface area contributed by atoms with Crippen LogP contribution in [0.3, 0.4) is 0 Å². The van der Waals surface area contributed by atoms with Crippen molar-refractivity contribution in [3.63, 3.8) is 0 Å². The zero-order valence-electron chi connectivity index (χ0n) is 11.7. The minimum absolute atomic E-state index is 0.119. The number of amides is 2. The highest BCUT2D eigenvalue weighted by Gasteiger charge is 2.41. The van der Waals surface area contributed by atoms with Gasteiger partial charge in [0.2, 0.25) is 11.5 Å². The number of carbonyl (C=O) groups is 2. The van der Waals surface area contributed by atoms with Crippen LogP contribution in [0, 0.1) is 0 Å². The van der Waals surface area contributed by atoms with Crippen LogP contribution in [0.15, 0.2) is 29.4 Å². The molecule has 6 nitrogen and oxygen atoms in total. The summed E-state index contributed by atoms with van der Waals surface area (Å²) in [7, 11) is 1.57. The summed E-state index contributed by atoms with van der Waals surface area (Å²) in [6.45, 7) is 3.16. The molecule has 0 fully saturated rings. The SMILES string of the molecule is CNC(=O)C1(C)CC(c2ccc(NC(C)=O)cc2)=NO1. The van der Waals surface area contributed by atoms with Gasteiger partial charge < -0.3 is 15.5 Å². The van der Waals surface area contributed by atoms with Gasteiger partial charge >= 0.3 is 0 Å². The molecule has 1 atom stereocenters. The predicted molar refractivity (Wildman–Crippen MR) is 75.5 cm³/mol. The molecule has 1 heterocycles. The van der Waals surface area contributed by atoms with Crippen LogP contribution in [0.2, 0.25) is 0 Å². The minimum atomic E-state index is -0.958. The van der Waals surface area contributed by atoms with Crippen LogP contribution >= 0.6 is 0 Å². The lowest BCUT2D eigenvalue weighted by Gasteiger charge is -2.18. The summed E-state index contributed by atoms with van der Waals surface area (Å²) >= 11 is 0. The van der Waals surface area contributed by atoms with Crippen LogP contribution in [0.4, 0.5) is 5.69 Å². The molecule has 20 heavy (non-hydrogen) atoms. The maximum absolute atomic E-state index is 11.7. The van der Waals surface area contributed by atoms with Gasteiger partial charge in [-0.3, -0.25) is 9.59 Å². The van der Waals surface area contributed by atoms with Crippen molar-refractivity contribution in [2.45, 2.75) is 25.9 Å². The molecule has 0 aliphatic carbocycles. The van der Waals surface area contributed by atoms with Gasteiger partial charge in [0.05, 0.1) is 5.71 Å². The molecule has 1 unspecified atom stereocenters. The number of carbonyl (C=O) groups excluding carboxylic acids is 2. The molecule has 0 saturated heterocycles. The summed E-state index contributed by atoms with van der Waals surface area (Å²) < 4.78 is 0. The van der Waals surface area contributed by atoms with Gasteiger partial charge in [0.15, 0.2) is 0 Å². The van der Waals surface area contributed by atoms with E-state index >= 15 is 0 Å². The zero-order valence-corrected chi connectivity index (χ0v) is 11.7. The van der Waals surface area contributed by atoms with E-state index < -0.39 is 5.60 Å². The molecule has 0 radical (unpaired) electrons. The Kier molecular flexibility index (Phi) is 3.74. The van der Waals surface area contributed by atoms with Crippen LogP contribution in [-0.4, -0.2) is 30.2 Å². The smallest absolute Gasteiger partial charge is 0.266 e. The molecule has 1 aromatic carbocycles. The number of hydrogen-bond donors (Lipinski definition) is 2.